The lowest BCUT2D eigenvalue weighted by Crippen LogP contribution is -1.98. The lowest BCUT2D eigenvalue weighted by Gasteiger charge is -2.04. The zero-order valence-electron chi connectivity index (χ0n) is 9.29. The number of H-pyrrole nitrogens is 1. The number of carboxylic acid groups (broad SMARTS) is 1. The number of nitrogens with zero attached hydrogens (tertiary/aromatic N) is 2. The van der Waals surface area contributed by atoms with E-state index < -0.39 is 5.97 Å². The molecule has 0 radical (unpaired) electrons. The second-order valence-electron chi connectivity index (χ2n) is 3.87. The van der Waals surface area contributed by atoms with E-state index in [1.54, 1.807) is 18.3 Å². The fourth-order valence-electron chi connectivity index (χ4n) is 1.92. The van der Waals surface area contributed by atoms with Crippen LogP contribution in [0.2, 0.25) is 0 Å². The molecule has 0 saturated carbocycles. The minimum Gasteiger partial charge on any atom is -0.478 e. The van der Waals surface area contributed by atoms with Gasteiger partial charge >= 0.3 is 5.97 Å². The summed E-state index contributed by atoms with van der Waals surface area (Å²) in [6.07, 6.45) is 3.16. The van der Waals surface area contributed by atoms with Gasteiger partial charge in [-0.15, -0.1) is 0 Å². The number of aromatic amines is 1. The van der Waals surface area contributed by atoms with E-state index in [-0.39, 0.29) is 5.56 Å². The standard InChI is InChI=1S/C13H9N3O2/c17-13(18)9-3-5-14-12-2-1-8(7-10(9)12)11-4-6-15-16-11/h1-7H,(H,15,16)(H,17,18). The number of hydrogen-bond acceptors (Lipinski definition) is 3. The van der Waals surface area contributed by atoms with Crippen LogP contribution >= 0.6 is 0 Å². The van der Waals surface area contributed by atoms with Crippen molar-refractivity contribution in [3.63, 3.8) is 0 Å². The molecule has 0 aliphatic heterocycles. The first-order chi connectivity index (χ1) is 8.75. The molecule has 2 aromatic heterocycles. The molecule has 3 rings (SSSR count). The van der Waals surface area contributed by atoms with Crippen molar-refractivity contribution in [2.45, 2.75) is 0 Å². The molecule has 0 saturated heterocycles. The largest absolute Gasteiger partial charge is 0.478 e. The quantitative estimate of drug-likeness (QED) is 0.719. The Morgan fingerprint density at radius 1 is 1.17 bits per heavy atom. The molecule has 0 spiro atoms. The third kappa shape index (κ3) is 1.62. The van der Waals surface area contributed by atoms with E-state index in [1.807, 2.05) is 12.1 Å². The minimum absolute atomic E-state index is 0.251. The minimum atomic E-state index is -0.954. The molecule has 0 bridgehead atoms. The predicted molar refractivity (Wildman–Crippen MR) is 66.3 cm³/mol. The topological polar surface area (TPSA) is 78.9 Å². The number of carboxylic acids is 1. The van der Waals surface area contributed by atoms with Gasteiger partial charge in [-0.05, 0) is 24.3 Å². The Morgan fingerprint density at radius 3 is 2.78 bits per heavy atom. The normalized spacial score (nSPS) is 10.7. The van der Waals surface area contributed by atoms with Crippen LogP contribution in [0.25, 0.3) is 22.2 Å². The molecule has 2 heterocycles. The zero-order chi connectivity index (χ0) is 12.5. The molecule has 0 atom stereocenters. The van der Waals surface area contributed by atoms with Gasteiger partial charge in [0.15, 0.2) is 0 Å². The third-order valence-electron chi connectivity index (χ3n) is 2.78. The zero-order valence-corrected chi connectivity index (χ0v) is 9.29. The van der Waals surface area contributed by atoms with E-state index in [4.69, 9.17) is 5.11 Å². The molecule has 88 valence electrons. The number of hydrogen-bond donors (Lipinski definition) is 2. The maximum Gasteiger partial charge on any atom is 0.336 e. The van der Waals surface area contributed by atoms with E-state index in [1.165, 1.54) is 12.3 Å². The number of carbonyl (C=O) groups is 1. The summed E-state index contributed by atoms with van der Waals surface area (Å²) in [5.74, 6) is -0.954. The Morgan fingerprint density at radius 2 is 2.06 bits per heavy atom. The fourth-order valence-corrected chi connectivity index (χ4v) is 1.92. The van der Waals surface area contributed by atoms with Crippen molar-refractivity contribution < 1.29 is 9.90 Å². The van der Waals surface area contributed by atoms with E-state index in [2.05, 4.69) is 15.2 Å². The Balaban J connectivity index is 2.28. The summed E-state index contributed by atoms with van der Waals surface area (Å²) < 4.78 is 0. The number of pyridine rings is 1. The van der Waals surface area contributed by atoms with E-state index >= 15 is 0 Å². The van der Waals surface area contributed by atoms with Crippen LogP contribution < -0.4 is 0 Å². The first kappa shape index (κ1) is 10.5. The van der Waals surface area contributed by atoms with Crippen molar-refractivity contribution in [2.75, 3.05) is 0 Å². The number of rotatable bonds is 2. The molecular weight excluding hydrogens is 230 g/mol. The maximum atomic E-state index is 11.2. The van der Waals surface area contributed by atoms with Crippen LogP contribution in [0.5, 0.6) is 0 Å². The predicted octanol–water partition coefficient (Wildman–Crippen LogP) is 2.32. The van der Waals surface area contributed by atoms with Crippen LogP contribution in [0.4, 0.5) is 0 Å². The molecule has 0 unspecified atom stereocenters. The summed E-state index contributed by atoms with van der Waals surface area (Å²) in [6, 6.07) is 8.82. The van der Waals surface area contributed by atoms with Gasteiger partial charge in [-0.3, -0.25) is 10.1 Å². The molecule has 0 amide bonds. The summed E-state index contributed by atoms with van der Waals surface area (Å²) in [7, 11) is 0. The lowest BCUT2D eigenvalue weighted by molar-refractivity contribution is 0.0699. The van der Waals surface area contributed by atoms with Crippen molar-refractivity contribution in [2.24, 2.45) is 0 Å². The van der Waals surface area contributed by atoms with Gasteiger partial charge in [0.05, 0.1) is 16.8 Å². The highest BCUT2D eigenvalue weighted by molar-refractivity contribution is 6.03. The van der Waals surface area contributed by atoms with Crippen molar-refractivity contribution >= 4 is 16.9 Å². The Kier molecular flexibility index (Phi) is 2.30. The Labute approximate surface area is 102 Å². The van der Waals surface area contributed by atoms with Gasteiger partial charge in [-0.25, -0.2) is 4.79 Å². The smallest absolute Gasteiger partial charge is 0.336 e. The number of nitrogens with one attached hydrogen (secondary N) is 1. The number of benzene rings is 1. The molecule has 2 N–H and O–H groups in total. The highest BCUT2D eigenvalue weighted by atomic mass is 16.4. The van der Waals surface area contributed by atoms with Gasteiger partial charge in [0, 0.05) is 23.3 Å². The van der Waals surface area contributed by atoms with Gasteiger partial charge in [-0.2, -0.15) is 5.10 Å². The van der Waals surface area contributed by atoms with Crippen LogP contribution in [-0.4, -0.2) is 26.3 Å². The SMILES string of the molecule is O=C(O)c1ccnc2ccc(-c3ccn[nH]3)cc12. The summed E-state index contributed by atoms with van der Waals surface area (Å²) in [5, 5.41) is 16.5. The second kappa shape index (κ2) is 3.96. The summed E-state index contributed by atoms with van der Waals surface area (Å²) >= 11 is 0. The van der Waals surface area contributed by atoms with Crippen LogP contribution in [0, 0.1) is 0 Å². The third-order valence-corrected chi connectivity index (χ3v) is 2.78. The molecule has 1 aromatic carbocycles. The van der Waals surface area contributed by atoms with Crippen LogP contribution in [0.3, 0.4) is 0 Å². The van der Waals surface area contributed by atoms with E-state index in [0.717, 1.165) is 11.3 Å². The molecule has 5 heteroatoms. The second-order valence-corrected chi connectivity index (χ2v) is 3.87. The number of aromatic carboxylic acids is 1. The van der Waals surface area contributed by atoms with Gasteiger partial charge in [0.25, 0.3) is 0 Å². The van der Waals surface area contributed by atoms with Crippen molar-refractivity contribution in [3.8, 4) is 11.3 Å². The average molecular weight is 239 g/mol. The molecule has 3 aromatic rings. The van der Waals surface area contributed by atoms with Crippen molar-refractivity contribution in [3.05, 3.63) is 48.3 Å². The first-order valence-corrected chi connectivity index (χ1v) is 5.37. The van der Waals surface area contributed by atoms with Gasteiger partial charge in [0.1, 0.15) is 0 Å². The van der Waals surface area contributed by atoms with Crippen LogP contribution in [-0.2, 0) is 0 Å². The van der Waals surface area contributed by atoms with Crippen LogP contribution in [0.15, 0.2) is 42.7 Å². The number of aromatic nitrogens is 3. The van der Waals surface area contributed by atoms with Gasteiger partial charge in [-0.1, -0.05) is 6.07 Å². The molecule has 0 aliphatic rings. The van der Waals surface area contributed by atoms with Crippen molar-refractivity contribution in [1.29, 1.82) is 0 Å². The molecule has 5 nitrogen and oxygen atoms in total. The fraction of sp³-hybridized carbons (Fsp3) is 0. The van der Waals surface area contributed by atoms with Crippen molar-refractivity contribution in [1.82, 2.24) is 15.2 Å². The average Bonchev–Trinajstić information content (AvgIpc) is 2.91. The highest BCUT2D eigenvalue weighted by Gasteiger charge is 2.10. The summed E-state index contributed by atoms with van der Waals surface area (Å²) in [6.45, 7) is 0. The Hall–Kier alpha value is -2.69. The van der Waals surface area contributed by atoms with Gasteiger partial charge < -0.3 is 5.11 Å². The first-order valence-electron chi connectivity index (χ1n) is 5.37. The monoisotopic (exact) mass is 239 g/mol. The van der Waals surface area contributed by atoms with E-state index in [9.17, 15) is 4.79 Å². The van der Waals surface area contributed by atoms with E-state index in [0.29, 0.717) is 10.9 Å². The molecule has 18 heavy (non-hydrogen) atoms. The molecule has 0 aliphatic carbocycles. The highest BCUT2D eigenvalue weighted by Crippen LogP contribution is 2.24. The van der Waals surface area contributed by atoms with Gasteiger partial charge in [0.2, 0.25) is 0 Å². The summed E-state index contributed by atoms with van der Waals surface area (Å²) in [4.78, 5) is 15.3. The lowest BCUT2D eigenvalue weighted by atomic mass is 10.0. The Bertz CT molecular complexity index is 720. The summed E-state index contributed by atoms with van der Waals surface area (Å²) in [5.41, 5.74) is 2.65. The van der Waals surface area contributed by atoms with Crippen LogP contribution in [0.1, 0.15) is 10.4 Å². The number of fused-ring (bicyclic) bond motifs is 1. The molecular formula is C13H9N3O2. The molecule has 0 fully saturated rings. The maximum absolute atomic E-state index is 11.2.